The molecule has 1 aromatic rings. The highest BCUT2D eigenvalue weighted by atomic mass is 35.5. The van der Waals surface area contributed by atoms with E-state index in [0.29, 0.717) is 30.4 Å². The Kier molecular flexibility index (Phi) is 3.21. The van der Waals surface area contributed by atoms with Gasteiger partial charge in [-0.3, -0.25) is 0 Å². The third-order valence-electron chi connectivity index (χ3n) is 2.61. The van der Waals surface area contributed by atoms with Crippen molar-refractivity contribution in [1.82, 2.24) is 0 Å². The van der Waals surface area contributed by atoms with E-state index >= 15 is 0 Å². The minimum Gasteiger partial charge on any atom is -0.489 e. The van der Waals surface area contributed by atoms with Crippen LogP contribution in [-0.2, 0) is 6.42 Å². The summed E-state index contributed by atoms with van der Waals surface area (Å²) in [6.07, 6.45) is 1.15. The van der Waals surface area contributed by atoms with Crippen molar-refractivity contribution in [3.05, 3.63) is 22.2 Å². The van der Waals surface area contributed by atoms with Gasteiger partial charge in [-0.15, -0.1) is 0 Å². The van der Waals surface area contributed by atoms with Crippen LogP contribution in [-0.4, -0.2) is 13.2 Å². The Morgan fingerprint density at radius 2 is 2.19 bits per heavy atom. The molecule has 0 aliphatic carbocycles. The van der Waals surface area contributed by atoms with Crippen LogP contribution in [0.1, 0.15) is 17.5 Å². The first kappa shape index (κ1) is 11.1. The number of rotatable bonds is 1. The molecule has 0 aromatic heterocycles. The maximum absolute atomic E-state index is 8.75. The number of hydrogen-bond donors (Lipinski definition) is 0. The van der Waals surface area contributed by atoms with Gasteiger partial charge < -0.3 is 9.47 Å². The third kappa shape index (κ3) is 1.94. The average Bonchev–Trinajstić information content (AvgIpc) is 2.49. The largest absolute Gasteiger partial charge is 0.489 e. The molecule has 0 unspecified atom stereocenters. The normalized spacial score (nSPS) is 14.1. The van der Waals surface area contributed by atoms with E-state index in [1.807, 2.05) is 6.92 Å². The molecule has 0 N–H and O–H groups in total. The standard InChI is InChI=1S/C12H12ClNO2/c1-8-9(3-4-14)10(13)7-11-12(8)16-6-2-5-15-11/h7H,2-3,5-6H2,1H3. The van der Waals surface area contributed by atoms with E-state index in [1.54, 1.807) is 6.07 Å². The molecule has 4 heteroatoms. The van der Waals surface area contributed by atoms with Gasteiger partial charge in [0.25, 0.3) is 0 Å². The molecule has 0 radical (unpaired) electrons. The molecule has 2 rings (SSSR count). The Balaban J connectivity index is 2.52. The Labute approximate surface area is 99.5 Å². The van der Waals surface area contributed by atoms with Gasteiger partial charge in [0.05, 0.1) is 25.7 Å². The van der Waals surface area contributed by atoms with Gasteiger partial charge in [0.1, 0.15) is 0 Å². The van der Waals surface area contributed by atoms with Crippen LogP contribution < -0.4 is 9.47 Å². The topological polar surface area (TPSA) is 42.2 Å². The van der Waals surface area contributed by atoms with Crippen LogP contribution in [0.3, 0.4) is 0 Å². The molecular weight excluding hydrogens is 226 g/mol. The fourth-order valence-corrected chi connectivity index (χ4v) is 2.07. The Morgan fingerprint density at radius 3 is 2.94 bits per heavy atom. The Bertz CT molecular complexity index is 451. The highest BCUT2D eigenvalue weighted by Gasteiger charge is 2.18. The molecule has 1 aromatic carbocycles. The minimum atomic E-state index is 0.293. The van der Waals surface area contributed by atoms with E-state index in [4.69, 9.17) is 26.3 Å². The summed E-state index contributed by atoms with van der Waals surface area (Å²) in [6.45, 7) is 3.19. The van der Waals surface area contributed by atoms with Crippen molar-refractivity contribution in [3.63, 3.8) is 0 Å². The summed E-state index contributed by atoms with van der Waals surface area (Å²) in [5.74, 6) is 1.41. The second kappa shape index (κ2) is 4.63. The Hall–Kier alpha value is -1.40. The smallest absolute Gasteiger partial charge is 0.164 e. The van der Waals surface area contributed by atoms with Crippen molar-refractivity contribution >= 4 is 11.6 Å². The molecule has 1 aliphatic rings. The zero-order chi connectivity index (χ0) is 11.5. The lowest BCUT2D eigenvalue weighted by atomic mass is 10.0. The monoisotopic (exact) mass is 237 g/mol. The number of fused-ring (bicyclic) bond motifs is 1. The van der Waals surface area contributed by atoms with Crippen molar-refractivity contribution in [3.8, 4) is 17.6 Å². The van der Waals surface area contributed by atoms with E-state index in [9.17, 15) is 0 Å². The SMILES string of the molecule is Cc1c(CC#N)c(Cl)cc2c1OCCCO2. The lowest BCUT2D eigenvalue weighted by Crippen LogP contribution is -1.99. The molecule has 0 saturated heterocycles. The number of halogens is 1. The van der Waals surface area contributed by atoms with E-state index in [0.717, 1.165) is 23.3 Å². The summed E-state index contributed by atoms with van der Waals surface area (Å²) in [5.41, 5.74) is 1.74. The molecule has 0 amide bonds. The van der Waals surface area contributed by atoms with Crippen LogP contribution in [0.5, 0.6) is 11.5 Å². The first-order valence-electron chi connectivity index (χ1n) is 5.18. The van der Waals surface area contributed by atoms with Gasteiger partial charge in [0, 0.05) is 23.1 Å². The molecule has 0 bridgehead atoms. The van der Waals surface area contributed by atoms with Crippen LogP contribution >= 0.6 is 11.6 Å². The van der Waals surface area contributed by atoms with Crippen molar-refractivity contribution in [2.75, 3.05) is 13.2 Å². The summed E-state index contributed by atoms with van der Waals surface area (Å²) in [6, 6.07) is 3.85. The fourth-order valence-electron chi connectivity index (χ4n) is 1.77. The molecule has 1 heterocycles. The molecule has 16 heavy (non-hydrogen) atoms. The predicted molar refractivity (Wildman–Crippen MR) is 61.1 cm³/mol. The zero-order valence-corrected chi connectivity index (χ0v) is 9.80. The molecule has 0 spiro atoms. The first-order chi connectivity index (χ1) is 7.74. The number of benzene rings is 1. The van der Waals surface area contributed by atoms with Crippen LogP contribution in [0, 0.1) is 18.3 Å². The van der Waals surface area contributed by atoms with Gasteiger partial charge in [-0.05, 0) is 12.5 Å². The summed E-state index contributed by atoms with van der Waals surface area (Å²) in [5, 5.41) is 9.32. The van der Waals surface area contributed by atoms with E-state index in [2.05, 4.69) is 6.07 Å². The molecule has 1 aliphatic heterocycles. The maximum atomic E-state index is 8.75. The van der Waals surface area contributed by atoms with Gasteiger partial charge in [-0.2, -0.15) is 5.26 Å². The van der Waals surface area contributed by atoms with E-state index in [-0.39, 0.29) is 0 Å². The number of nitrogens with zero attached hydrogens (tertiary/aromatic N) is 1. The second-order valence-electron chi connectivity index (χ2n) is 3.67. The average molecular weight is 238 g/mol. The highest BCUT2D eigenvalue weighted by molar-refractivity contribution is 6.31. The van der Waals surface area contributed by atoms with Gasteiger partial charge >= 0.3 is 0 Å². The highest BCUT2D eigenvalue weighted by Crippen LogP contribution is 2.39. The summed E-state index contributed by atoms with van der Waals surface area (Å²) < 4.78 is 11.2. The molecule has 0 atom stereocenters. The summed E-state index contributed by atoms with van der Waals surface area (Å²) >= 11 is 6.11. The number of ether oxygens (including phenoxy) is 2. The van der Waals surface area contributed by atoms with E-state index in [1.165, 1.54) is 0 Å². The third-order valence-corrected chi connectivity index (χ3v) is 2.95. The number of hydrogen-bond acceptors (Lipinski definition) is 3. The van der Waals surface area contributed by atoms with Crippen LogP contribution in [0.25, 0.3) is 0 Å². The molecule has 84 valence electrons. The first-order valence-corrected chi connectivity index (χ1v) is 5.56. The molecule has 3 nitrogen and oxygen atoms in total. The van der Waals surface area contributed by atoms with E-state index < -0.39 is 0 Å². The second-order valence-corrected chi connectivity index (χ2v) is 4.08. The van der Waals surface area contributed by atoms with Crippen LogP contribution in [0.2, 0.25) is 5.02 Å². The molecular formula is C12H12ClNO2. The Morgan fingerprint density at radius 1 is 1.44 bits per heavy atom. The molecule has 0 fully saturated rings. The van der Waals surface area contributed by atoms with Crippen molar-refractivity contribution in [2.24, 2.45) is 0 Å². The van der Waals surface area contributed by atoms with Crippen LogP contribution in [0.15, 0.2) is 6.07 Å². The minimum absolute atomic E-state index is 0.293. The van der Waals surface area contributed by atoms with Gasteiger partial charge in [-0.1, -0.05) is 11.6 Å². The fraction of sp³-hybridized carbons (Fsp3) is 0.417. The van der Waals surface area contributed by atoms with Crippen LogP contribution in [0.4, 0.5) is 0 Å². The maximum Gasteiger partial charge on any atom is 0.164 e. The van der Waals surface area contributed by atoms with Gasteiger partial charge in [0.15, 0.2) is 11.5 Å². The van der Waals surface area contributed by atoms with Gasteiger partial charge in [-0.25, -0.2) is 0 Å². The predicted octanol–water partition coefficient (Wildman–Crippen LogP) is 2.88. The lowest BCUT2D eigenvalue weighted by Gasteiger charge is -2.14. The number of nitriles is 1. The van der Waals surface area contributed by atoms with Crippen molar-refractivity contribution in [2.45, 2.75) is 19.8 Å². The lowest BCUT2D eigenvalue weighted by molar-refractivity contribution is 0.296. The quantitative estimate of drug-likeness (QED) is 0.754. The summed E-state index contributed by atoms with van der Waals surface area (Å²) in [7, 11) is 0. The zero-order valence-electron chi connectivity index (χ0n) is 9.05. The van der Waals surface area contributed by atoms with Crippen molar-refractivity contribution < 1.29 is 9.47 Å². The van der Waals surface area contributed by atoms with Crippen molar-refractivity contribution in [1.29, 1.82) is 5.26 Å². The van der Waals surface area contributed by atoms with Gasteiger partial charge in [0.2, 0.25) is 0 Å². The summed E-state index contributed by atoms with van der Waals surface area (Å²) in [4.78, 5) is 0. The molecule has 0 saturated carbocycles.